The van der Waals surface area contributed by atoms with Gasteiger partial charge in [0.05, 0.1) is 13.2 Å². The fraction of sp³-hybridized carbons (Fsp3) is 0.533. The van der Waals surface area contributed by atoms with Crippen LogP contribution in [0.2, 0.25) is 0 Å². The lowest BCUT2D eigenvalue weighted by atomic mass is 10.1. The van der Waals surface area contributed by atoms with Crippen molar-refractivity contribution in [3.63, 3.8) is 0 Å². The fourth-order valence-electron chi connectivity index (χ4n) is 1.96. The smallest absolute Gasteiger partial charge is 0.238 e. The lowest BCUT2D eigenvalue weighted by molar-refractivity contribution is -0.120. The number of sulfone groups is 1. The van der Waals surface area contributed by atoms with Crippen LogP contribution in [0.4, 0.5) is 0 Å². The second-order valence-electron chi connectivity index (χ2n) is 5.47. The number of nitrogens with zero attached hydrogens (tertiary/aromatic N) is 1. The highest BCUT2D eigenvalue weighted by Gasteiger charge is 2.24. The van der Waals surface area contributed by atoms with Gasteiger partial charge in [-0.05, 0) is 38.7 Å². The minimum atomic E-state index is -3.39. The van der Waals surface area contributed by atoms with E-state index in [1.807, 2.05) is 43.3 Å². The zero-order valence-corrected chi connectivity index (χ0v) is 14.5. The molecular weight excluding hydrogens is 304 g/mol. The van der Waals surface area contributed by atoms with E-state index in [0.29, 0.717) is 6.54 Å². The predicted molar refractivity (Wildman–Crippen MR) is 86.7 cm³/mol. The van der Waals surface area contributed by atoms with Crippen molar-refractivity contribution in [3.8, 4) is 5.75 Å². The zero-order chi connectivity index (χ0) is 16.9. The van der Waals surface area contributed by atoms with Gasteiger partial charge in [-0.2, -0.15) is 0 Å². The number of benzene rings is 1. The van der Waals surface area contributed by atoms with Crippen molar-refractivity contribution in [1.29, 1.82) is 0 Å². The molecule has 2 atom stereocenters. The van der Waals surface area contributed by atoms with Gasteiger partial charge in [-0.25, -0.2) is 8.42 Å². The van der Waals surface area contributed by atoms with E-state index in [4.69, 9.17) is 4.74 Å². The molecule has 1 aromatic rings. The lowest BCUT2D eigenvalue weighted by Crippen LogP contribution is -2.41. The molecule has 0 spiro atoms. The summed E-state index contributed by atoms with van der Waals surface area (Å²) in [7, 11) is 2.02. The monoisotopic (exact) mass is 328 g/mol. The zero-order valence-electron chi connectivity index (χ0n) is 13.7. The van der Waals surface area contributed by atoms with Crippen LogP contribution in [-0.2, 0) is 14.6 Å². The summed E-state index contributed by atoms with van der Waals surface area (Å²) < 4.78 is 27.9. The van der Waals surface area contributed by atoms with Gasteiger partial charge in [0.2, 0.25) is 5.91 Å². The molecule has 0 bridgehead atoms. The molecule has 1 amide bonds. The Labute approximate surface area is 132 Å². The molecule has 2 unspecified atom stereocenters. The van der Waals surface area contributed by atoms with E-state index in [2.05, 4.69) is 5.32 Å². The van der Waals surface area contributed by atoms with Crippen LogP contribution in [0.25, 0.3) is 0 Å². The number of carbonyl (C=O) groups is 1. The number of amides is 1. The first-order chi connectivity index (χ1) is 10.2. The SMILES string of the molecule is COc1ccc(C(CNC(=O)C(C)S(C)(=O)=O)N(C)C)cc1. The van der Waals surface area contributed by atoms with E-state index in [1.54, 1.807) is 7.11 Å². The van der Waals surface area contributed by atoms with Gasteiger partial charge in [-0.15, -0.1) is 0 Å². The summed E-state index contributed by atoms with van der Waals surface area (Å²) in [5, 5.41) is 1.66. The van der Waals surface area contributed by atoms with Gasteiger partial charge in [-0.1, -0.05) is 12.1 Å². The van der Waals surface area contributed by atoms with Crippen LogP contribution in [-0.4, -0.2) is 58.5 Å². The van der Waals surface area contributed by atoms with Gasteiger partial charge in [0.25, 0.3) is 0 Å². The van der Waals surface area contributed by atoms with Crippen molar-refractivity contribution < 1.29 is 17.9 Å². The highest BCUT2D eigenvalue weighted by Crippen LogP contribution is 2.20. The van der Waals surface area contributed by atoms with Gasteiger partial charge in [0, 0.05) is 12.8 Å². The second kappa shape index (κ2) is 7.60. The molecule has 1 aromatic carbocycles. The molecule has 6 nitrogen and oxygen atoms in total. The van der Waals surface area contributed by atoms with Gasteiger partial charge in [-0.3, -0.25) is 4.79 Å². The summed E-state index contributed by atoms with van der Waals surface area (Å²) >= 11 is 0. The van der Waals surface area contributed by atoms with Crippen LogP contribution in [0.5, 0.6) is 5.75 Å². The lowest BCUT2D eigenvalue weighted by Gasteiger charge is -2.25. The average Bonchev–Trinajstić information content (AvgIpc) is 2.45. The number of ether oxygens (including phenoxy) is 1. The van der Waals surface area contributed by atoms with Gasteiger partial charge in [0.1, 0.15) is 11.0 Å². The quantitative estimate of drug-likeness (QED) is 0.803. The third-order valence-electron chi connectivity index (χ3n) is 3.61. The fourth-order valence-corrected chi connectivity index (χ4v) is 2.43. The minimum Gasteiger partial charge on any atom is -0.497 e. The highest BCUT2D eigenvalue weighted by molar-refractivity contribution is 7.92. The number of nitrogens with one attached hydrogen (secondary N) is 1. The summed E-state index contributed by atoms with van der Waals surface area (Å²) in [5.41, 5.74) is 1.01. The van der Waals surface area contributed by atoms with E-state index >= 15 is 0 Å². The Morgan fingerprint density at radius 1 is 1.27 bits per heavy atom. The molecule has 7 heteroatoms. The molecule has 0 radical (unpaired) electrons. The molecule has 0 aliphatic rings. The van der Waals surface area contributed by atoms with E-state index in [0.717, 1.165) is 17.6 Å². The second-order valence-corrected chi connectivity index (χ2v) is 7.84. The summed E-state index contributed by atoms with van der Waals surface area (Å²) in [6, 6.07) is 7.51. The number of rotatable bonds is 7. The number of carbonyl (C=O) groups excluding carboxylic acids is 1. The Morgan fingerprint density at radius 2 is 1.82 bits per heavy atom. The molecule has 0 aromatic heterocycles. The highest BCUT2D eigenvalue weighted by atomic mass is 32.2. The van der Waals surface area contributed by atoms with Crippen LogP contribution in [0.3, 0.4) is 0 Å². The van der Waals surface area contributed by atoms with Crippen LogP contribution < -0.4 is 10.1 Å². The molecule has 0 heterocycles. The Hall–Kier alpha value is -1.60. The Kier molecular flexibility index (Phi) is 6.37. The molecule has 0 saturated carbocycles. The summed E-state index contributed by atoms with van der Waals surface area (Å²) in [6.45, 7) is 1.72. The number of hydrogen-bond acceptors (Lipinski definition) is 5. The van der Waals surface area contributed by atoms with Gasteiger partial charge < -0.3 is 15.0 Å². The molecular formula is C15H24N2O4S. The standard InChI is InChI=1S/C15H24N2O4S/c1-11(22(5,19)20)15(18)16-10-14(17(2)3)12-6-8-13(21-4)9-7-12/h6-9,11,14H,10H2,1-5H3,(H,16,18). The maximum Gasteiger partial charge on any atom is 0.238 e. The molecule has 0 aliphatic heterocycles. The van der Waals surface area contributed by atoms with E-state index in [9.17, 15) is 13.2 Å². The molecule has 124 valence electrons. The van der Waals surface area contributed by atoms with E-state index in [-0.39, 0.29) is 6.04 Å². The maximum absolute atomic E-state index is 11.9. The van der Waals surface area contributed by atoms with Crippen molar-refractivity contribution in [2.24, 2.45) is 0 Å². The van der Waals surface area contributed by atoms with Crippen molar-refractivity contribution in [3.05, 3.63) is 29.8 Å². The minimum absolute atomic E-state index is 0.0541. The van der Waals surface area contributed by atoms with Crippen molar-refractivity contribution in [2.45, 2.75) is 18.2 Å². The van der Waals surface area contributed by atoms with Crippen molar-refractivity contribution >= 4 is 15.7 Å². The first kappa shape index (κ1) is 18.4. The van der Waals surface area contributed by atoms with Crippen molar-refractivity contribution in [1.82, 2.24) is 10.2 Å². The van der Waals surface area contributed by atoms with Crippen LogP contribution >= 0.6 is 0 Å². The molecule has 1 rings (SSSR count). The summed E-state index contributed by atoms with van der Waals surface area (Å²) in [6.07, 6.45) is 1.06. The molecule has 0 aliphatic carbocycles. The average molecular weight is 328 g/mol. The molecule has 1 N–H and O–H groups in total. The largest absolute Gasteiger partial charge is 0.497 e. The predicted octanol–water partition coefficient (Wildman–Crippen LogP) is 0.847. The summed E-state index contributed by atoms with van der Waals surface area (Å²) in [5.74, 6) is 0.277. The number of likely N-dealkylation sites (N-methyl/N-ethyl adjacent to an activating group) is 1. The Balaban J connectivity index is 2.79. The number of methoxy groups -OCH3 is 1. The Bertz CT molecular complexity index is 596. The number of hydrogen-bond donors (Lipinski definition) is 1. The van der Waals surface area contributed by atoms with Crippen LogP contribution in [0.15, 0.2) is 24.3 Å². The first-order valence-electron chi connectivity index (χ1n) is 6.93. The Morgan fingerprint density at radius 3 is 2.23 bits per heavy atom. The molecule has 0 saturated heterocycles. The first-order valence-corrected chi connectivity index (χ1v) is 8.89. The third-order valence-corrected chi connectivity index (χ3v) is 5.10. The van der Waals surface area contributed by atoms with Gasteiger partial charge in [0.15, 0.2) is 9.84 Å². The maximum atomic E-state index is 11.9. The topological polar surface area (TPSA) is 75.7 Å². The van der Waals surface area contributed by atoms with E-state index in [1.165, 1.54) is 6.92 Å². The third kappa shape index (κ3) is 4.99. The van der Waals surface area contributed by atoms with Crippen LogP contribution in [0.1, 0.15) is 18.5 Å². The summed E-state index contributed by atoms with van der Waals surface area (Å²) in [4.78, 5) is 13.9. The normalized spacial score (nSPS) is 14.5. The van der Waals surface area contributed by atoms with E-state index < -0.39 is 21.0 Å². The van der Waals surface area contributed by atoms with Gasteiger partial charge >= 0.3 is 0 Å². The molecule has 22 heavy (non-hydrogen) atoms. The van der Waals surface area contributed by atoms with Crippen molar-refractivity contribution in [2.75, 3.05) is 34.0 Å². The molecule has 0 fully saturated rings. The van der Waals surface area contributed by atoms with Crippen LogP contribution in [0, 0.1) is 0 Å².